The third kappa shape index (κ3) is 4.82. The van der Waals surface area contributed by atoms with E-state index in [1.165, 1.54) is 0 Å². The first-order valence-electron chi connectivity index (χ1n) is 7.03. The van der Waals surface area contributed by atoms with Gasteiger partial charge in [0.25, 0.3) is 0 Å². The molecular weight excluding hydrogens is 290 g/mol. The van der Waals surface area contributed by atoms with Gasteiger partial charge in [-0.3, -0.25) is 5.43 Å². The molecule has 0 bridgehead atoms. The Morgan fingerprint density at radius 3 is 1.95 bits per heavy atom. The average Bonchev–Trinajstić information content (AvgIpc) is 2.55. The summed E-state index contributed by atoms with van der Waals surface area (Å²) in [7, 11) is 0. The van der Waals surface area contributed by atoms with Gasteiger partial charge in [-0.15, -0.1) is 0 Å². The van der Waals surface area contributed by atoms with Gasteiger partial charge in [0, 0.05) is 17.7 Å². The number of hydrogen-bond acceptors (Lipinski definition) is 2. The molecule has 2 aromatic carbocycles. The third-order valence-electron chi connectivity index (χ3n) is 2.91. The van der Waals surface area contributed by atoms with Gasteiger partial charge in [-0.2, -0.15) is 5.10 Å². The Balaban J connectivity index is 2.20. The lowest BCUT2D eigenvalue weighted by molar-refractivity contribution is 0.914. The van der Waals surface area contributed by atoms with E-state index in [1.54, 1.807) is 0 Å². The Hall–Kier alpha value is -2.46. The summed E-state index contributed by atoms with van der Waals surface area (Å²) in [5.41, 5.74) is 6.83. The van der Waals surface area contributed by atoms with Crippen molar-refractivity contribution >= 4 is 23.0 Å². The van der Waals surface area contributed by atoms with Crippen molar-refractivity contribution in [3.63, 3.8) is 0 Å². The zero-order valence-electron chi connectivity index (χ0n) is 12.5. The zero-order chi connectivity index (χ0) is 15.8. The van der Waals surface area contributed by atoms with E-state index >= 15 is 0 Å². The molecule has 0 aromatic heterocycles. The molecule has 0 radical (unpaired) electrons. The number of thiocarbonyl (C=S) groups is 1. The van der Waals surface area contributed by atoms with Crippen LogP contribution < -0.4 is 10.7 Å². The van der Waals surface area contributed by atoms with Crippen LogP contribution in [0, 0.1) is 0 Å². The highest BCUT2D eigenvalue weighted by atomic mass is 32.1. The van der Waals surface area contributed by atoms with Crippen molar-refractivity contribution in [2.45, 2.75) is 6.92 Å². The molecule has 2 N–H and O–H groups in total. The highest BCUT2D eigenvalue weighted by Gasteiger charge is 2.06. The molecule has 0 aliphatic carbocycles. The first kappa shape index (κ1) is 15.9. The Labute approximate surface area is 136 Å². The van der Waals surface area contributed by atoms with Crippen LogP contribution in [0.2, 0.25) is 0 Å². The van der Waals surface area contributed by atoms with E-state index in [0.717, 1.165) is 22.4 Å². The summed E-state index contributed by atoms with van der Waals surface area (Å²) in [5.74, 6) is 0. The van der Waals surface area contributed by atoms with Gasteiger partial charge in [-0.25, -0.2) is 0 Å². The van der Waals surface area contributed by atoms with Crippen molar-refractivity contribution < 1.29 is 0 Å². The predicted octanol–water partition coefficient (Wildman–Crippen LogP) is 3.48. The molecule has 0 saturated carbocycles. The van der Waals surface area contributed by atoms with Gasteiger partial charge >= 0.3 is 0 Å². The number of hydrogen-bond donors (Lipinski definition) is 2. The summed E-state index contributed by atoms with van der Waals surface area (Å²) in [6, 6.07) is 20.0. The Morgan fingerprint density at radius 2 is 1.50 bits per heavy atom. The summed E-state index contributed by atoms with van der Waals surface area (Å²) in [6.07, 6.45) is 0. The second-order valence-electron chi connectivity index (χ2n) is 4.94. The summed E-state index contributed by atoms with van der Waals surface area (Å²) in [5, 5.41) is 8.01. The standard InChI is InChI=1S/C18H19N3S/c1-14(2)13-19-18(22)21-20-17(15-9-5-3-6-10-15)16-11-7-4-8-12-16/h3-12H,1,13H2,2H3,(H2,19,21,22). The van der Waals surface area contributed by atoms with Crippen molar-refractivity contribution in [1.82, 2.24) is 10.7 Å². The largest absolute Gasteiger partial charge is 0.358 e. The second kappa shape index (κ2) is 8.10. The molecule has 112 valence electrons. The van der Waals surface area contributed by atoms with Gasteiger partial charge in [0.1, 0.15) is 0 Å². The molecule has 0 fully saturated rings. The lowest BCUT2D eigenvalue weighted by atomic mass is 10.0. The van der Waals surface area contributed by atoms with Crippen LogP contribution >= 0.6 is 12.2 Å². The van der Waals surface area contributed by atoms with Gasteiger partial charge in [0.15, 0.2) is 5.11 Å². The summed E-state index contributed by atoms with van der Waals surface area (Å²) < 4.78 is 0. The Kier molecular flexibility index (Phi) is 5.86. The van der Waals surface area contributed by atoms with Crippen LogP contribution in [0.3, 0.4) is 0 Å². The quantitative estimate of drug-likeness (QED) is 0.384. The van der Waals surface area contributed by atoms with E-state index in [4.69, 9.17) is 12.2 Å². The molecule has 22 heavy (non-hydrogen) atoms. The van der Waals surface area contributed by atoms with Crippen LogP contribution in [0.15, 0.2) is 77.9 Å². The minimum absolute atomic E-state index is 0.479. The lowest BCUT2D eigenvalue weighted by Crippen LogP contribution is -2.33. The third-order valence-corrected chi connectivity index (χ3v) is 3.15. The topological polar surface area (TPSA) is 36.4 Å². The van der Waals surface area contributed by atoms with Crippen molar-refractivity contribution in [3.05, 3.63) is 83.9 Å². The van der Waals surface area contributed by atoms with Crippen LogP contribution in [0.4, 0.5) is 0 Å². The SMILES string of the molecule is C=C(C)CNC(=S)NN=C(c1ccccc1)c1ccccc1. The highest BCUT2D eigenvalue weighted by molar-refractivity contribution is 7.80. The molecule has 0 aliphatic rings. The minimum atomic E-state index is 0.479. The number of nitrogens with zero attached hydrogens (tertiary/aromatic N) is 1. The fourth-order valence-corrected chi connectivity index (χ4v) is 1.98. The van der Waals surface area contributed by atoms with E-state index in [-0.39, 0.29) is 0 Å². The van der Waals surface area contributed by atoms with Crippen LogP contribution in [0.25, 0.3) is 0 Å². The Morgan fingerprint density at radius 1 is 1.00 bits per heavy atom. The second-order valence-corrected chi connectivity index (χ2v) is 5.35. The van der Waals surface area contributed by atoms with Gasteiger partial charge in [0.05, 0.1) is 5.71 Å². The van der Waals surface area contributed by atoms with Crippen molar-refractivity contribution in [3.8, 4) is 0 Å². The molecule has 2 rings (SSSR count). The summed E-state index contributed by atoms with van der Waals surface area (Å²) in [4.78, 5) is 0. The van der Waals surface area contributed by atoms with Gasteiger partial charge < -0.3 is 5.32 Å². The first-order chi connectivity index (χ1) is 10.7. The fraction of sp³-hybridized carbons (Fsp3) is 0.111. The first-order valence-corrected chi connectivity index (χ1v) is 7.44. The molecule has 3 nitrogen and oxygen atoms in total. The molecule has 0 aliphatic heterocycles. The average molecular weight is 309 g/mol. The molecular formula is C18H19N3S. The molecule has 0 atom stereocenters. The van der Waals surface area contributed by atoms with Crippen LogP contribution in [-0.4, -0.2) is 17.4 Å². The normalized spacial score (nSPS) is 9.68. The van der Waals surface area contributed by atoms with E-state index < -0.39 is 0 Å². The fourth-order valence-electron chi connectivity index (χ4n) is 1.87. The van der Waals surface area contributed by atoms with Crippen molar-refractivity contribution in [1.29, 1.82) is 0 Å². The molecule has 0 spiro atoms. The minimum Gasteiger partial charge on any atom is -0.358 e. The van der Waals surface area contributed by atoms with E-state index in [1.807, 2.05) is 67.6 Å². The highest BCUT2D eigenvalue weighted by Crippen LogP contribution is 2.10. The van der Waals surface area contributed by atoms with Gasteiger partial charge in [-0.05, 0) is 19.1 Å². The number of rotatable bonds is 5. The number of benzene rings is 2. The molecule has 4 heteroatoms. The van der Waals surface area contributed by atoms with E-state index in [0.29, 0.717) is 11.7 Å². The maximum absolute atomic E-state index is 5.22. The monoisotopic (exact) mass is 309 g/mol. The maximum atomic E-state index is 5.22. The predicted molar refractivity (Wildman–Crippen MR) is 97.1 cm³/mol. The lowest BCUT2D eigenvalue weighted by Gasteiger charge is -2.10. The van der Waals surface area contributed by atoms with Gasteiger partial charge in [0.2, 0.25) is 0 Å². The number of hydrazone groups is 1. The van der Waals surface area contributed by atoms with E-state index in [9.17, 15) is 0 Å². The maximum Gasteiger partial charge on any atom is 0.187 e. The van der Waals surface area contributed by atoms with Crippen molar-refractivity contribution in [2.75, 3.05) is 6.54 Å². The van der Waals surface area contributed by atoms with Crippen LogP contribution in [-0.2, 0) is 0 Å². The Bertz CT molecular complexity index is 622. The molecule has 0 amide bonds. The van der Waals surface area contributed by atoms with Crippen LogP contribution in [0.5, 0.6) is 0 Å². The zero-order valence-corrected chi connectivity index (χ0v) is 13.4. The summed E-state index contributed by atoms with van der Waals surface area (Å²) in [6.45, 7) is 6.41. The molecule has 2 aromatic rings. The molecule has 0 saturated heterocycles. The summed E-state index contributed by atoms with van der Waals surface area (Å²) >= 11 is 5.22. The van der Waals surface area contributed by atoms with E-state index in [2.05, 4.69) is 22.4 Å². The molecule has 0 heterocycles. The smallest absolute Gasteiger partial charge is 0.187 e. The number of nitrogens with one attached hydrogen (secondary N) is 2. The van der Waals surface area contributed by atoms with Crippen LogP contribution in [0.1, 0.15) is 18.1 Å². The molecule has 0 unspecified atom stereocenters. The van der Waals surface area contributed by atoms with Crippen molar-refractivity contribution in [2.24, 2.45) is 5.10 Å². The van der Waals surface area contributed by atoms with Gasteiger partial charge in [-0.1, -0.05) is 72.8 Å².